The zero-order valence-corrected chi connectivity index (χ0v) is 19.0. The van der Waals surface area contributed by atoms with Crippen molar-refractivity contribution in [1.82, 2.24) is 14.5 Å². The molecule has 2 fully saturated rings. The number of halogens is 2. The summed E-state index contributed by atoms with van der Waals surface area (Å²) in [5, 5.41) is 11.5. The maximum Gasteiger partial charge on any atom is 0.325 e. The number of sulfonamides is 1. The van der Waals surface area contributed by atoms with Crippen molar-refractivity contribution in [3.05, 3.63) is 29.8 Å². The minimum absolute atomic E-state index is 0.00579. The fourth-order valence-electron chi connectivity index (χ4n) is 4.23. The molecule has 2 heterocycles. The molecule has 180 valence electrons. The molecule has 3 rings (SSSR count). The molecule has 2 saturated heterocycles. The molecule has 0 bridgehead atoms. The third-order valence-corrected chi connectivity index (χ3v) is 7.75. The molecular formula is C21H26F2N4O5S. The number of hydrogen-bond donors (Lipinski definition) is 1. The number of ether oxygens (including phenoxy) is 1. The second kappa shape index (κ2) is 10.1. The van der Waals surface area contributed by atoms with Gasteiger partial charge in [0.25, 0.3) is 5.92 Å². The molecule has 12 heteroatoms. The highest BCUT2D eigenvalue weighted by Gasteiger charge is 2.49. The number of rotatable bonds is 7. The molecule has 1 amide bonds. The number of esters is 1. The van der Waals surface area contributed by atoms with Crippen molar-refractivity contribution in [2.24, 2.45) is 0 Å². The Balaban J connectivity index is 1.89. The molecule has 2 unspecified atom stereocenters. The normalized spacial score (nSPS) is 23.6. The minimum Gasteiger partial charge on any atom is -0.465 e. The van der Waals surface area contributed by atoms with Gasteiger partial charge >= 0.3 is 5.97 Å². The van der Waals surface area contributed by atoms with Crippen LogP contribution >= 0.6 is 0 Å². The van der Waals surface area contributed by atoms with Crippen molar-refractivity contribution >= 4 is 21.9 Å². The third-order valence-electron chi connectivity index (χ3n) is 5.87. The van der Waals surface area contributed by atoms with Crippen LogP contribution in [0.2, 0.25) is 0 Å². The molecule has 0 aliphatic carbocycles. The van der Waals surface area contributed by atoms with Crippen LogP contribution < -0.4 is 5.32 Å². The van der Waals surface area contributed by atoms with Crippen LogP contribution in [0.3, 0.4) is 0 Å². The zero-order chi connectivity index (χ0) is 24.2. The Kier molecular flexibility index (Phi) is 7.66. The van der Waals surface area contributed by atoms with E-state index in [-0.39, 0.29) is 56.0 Å². The Bertz CT molecular complexity index is 1030. The van der Waals surface area contributed by atoms with Crippen molar-refractivity contribution in [1.29, 1.82) is 5.26 Å². The summed E-state index contributed by atoms with van der Waals surface area (Å²) in [6.07, 6.45) is -0.491. The lowest BCUT2D eigenvalue weighted by molar-refractivity contribution is -0.144. The van der Waals surface area contributed by atoms with E-state index < -0.39 is 46.5 Å². The Hall–Kier alpha value is -2.62. The molecule has 0 aromatic heterocycles. The number of carbonyl (C=O) groups is 2. The number of nitrogens with zero attached hydrogens (tertiary/aromatic N) is 3. The van der Waals surface area contributed by atoms with Gasteiger partial charge in [-0.25, -0.2) is 17.2 Å². The fraction of sp³-hybridized carbons (Fsp3) is 0.571. The van der Waals surface area contributed by atoms with Crippen molar-refractivity contribution in [2.45, 2.75) is 49.1 Å². The van der Waals surface area contributed by atoms with Gasteiger partial charge < -0.3 is 10.1 Å². The van der Waals surface area contributed by atoms with Crippen LogP contribution in [0.15, 0.2) is 29.2 Å². The van der Waals surface area contributed by atoms with Crippen LogP contribution in [0, 0.1) is 11.3 Å². The SMILES string of the molecule is CCOC(=O)CNC(=O)C1C(N2CCC(F)(F)CC2)CCN1S(=O)(=O)c1cccc(C#N)c1. The quantitative estimate of drug-likeness (QED) is 0.576. The highest BCUT2D eigenvalue weighted by molar-refractivity contribution is 7.89. The van der Waals surface area contributed by atoms with Gasteiger partial charge in [-0.15, -0.1) is 0 Å². The summed E-state index contributed by atoms with van der Waals surface area (Å²) < 4.78 is 60.0. The lowest BCUT2D eigenvalue weighted by atomic mass is 10.0. The monoisotopic (exact) mass is 484 g/mol. The summed E-state index contributed by atoms with van der Waals surface area (Å²) in [4.78, 5) is 26.4. The first-order valence-electron chi connectivity index (χ1n) is 10.7. The van der Waals surface area contributed by atoms with Crippen LogP contribution in [0.4, 0.5) is 8.78 Å². The van der Waals surface area contributed by atoms with Crippen LogP contribution in [0.1, 0.15) is 31.7 Å². The first-order valence-corrected chi connectivity index (χ1v) is 12.1. The topological polar surface area (TPSA) is 120 Å². The van der Waals surface area contributed by atoms with Gasteiger partial charge in [-0.05, 0) is 31.5 Å². The smallest absolute Gasteiger partial charge is 0.325 e. The maximum absolute atomic E-state index is 13.7. The standard InChI is InChI=1S/C21H26F2N4O5S/c1-2-32-18(28)14-25-20(29)19-17(26-10-7-21(22,23)8-11-26)6-9-27(19)33(30,31)16-5-3-4-15(12-16)13-24/h3-5,12,17,19H,2,6-11,14H2,1H3,(H,25,29). The number of benzene rings is 1. The predicted molar refractivity (Wildman–Crippen MR) is 113 cm³/mol. The summed E-state index contributed by atoms with van der Waals surface area (Å²) in [6.45, 7) is 1.34. The Morgan fingerprint density at radius 3 is 2.61 bits per heavy atom. The average Bonchev–Trinajstić information content (AvgIpc) is 3.24. The van der Waals surface area contributed by atoms with Gasteiger partial charge in [-0.1, -0.05) is 6.07 Å². The molecule has 0 radical (unpaired) electrons. The van der Waals surface area contributed by atoms with E-state index in [2.05, 4.69) is 5.32 Å². The molecular weight excluding hydrogens is 458 g/mol. The number of likely N-dealkylation sites (tertiary alicyclic amines) is 1. The van der Waals surface area contributed by atoms with E-state index in [1.807, 2.05) is 6.07 Å². The van der Waals surface area contributed by atoms with Crippen LogP contribution in [0.5, 0.6) is 0 Å². The van der Waals surface area contributed by atoms with Crippen molar-refractivity contribution in [3.8, 4) is 6.07 Å². The number of amides is 1. The summed E-state index contributed by atoms with van der Waals surface area (Å²) in [7, 11) is -4.18. The highest BCUT2D eigenvalue weighted by Crippen LogP contribution is 2.34. The maximum atomic E-state index is 13.7. The van der Waals surface area contributed by atoms with Crippen LogP contribution in [0.25, 0.3) is 0 Å². The summed E-state index contributed by atoms with van der Waals surface area (Å²) in [5.41, 5.74) is 0.147. The third kappa shape index (κ3) is 5.66. The molecule has 33 heavy (non-hydrogen) atoms. The van der Waals surface area contributed by atoms with E-state index in [9.17, 15) is 26.8 Å². The van der Waals surface area contributed by atoms with E-state index in [0.29, 0.717) is 0 Å². The molecule has 2 aliphatic heterocycles. The number of piperidine rings is 1. The van der Waals surface area contributed by atoms with Gasteiger partial charge in [0.2, 0.25) is 15.9 Å². The number of carbonyl (C=O) groups excluding carboxylic acids is 2. The summed E-state index contributed by atoms with van der Waals surface area (Å²) in [6, 6.07) is 5.48. The Morgan fingerprint density at radius 1 is 1.27 bits per heavy atom. The fourth-order valence-corrected chi connectivity index (χ4v) is 5.90. The largest absolute Gasteiger partial charge is 0.465 e. The molecule has 1 N–H and O–H groups in total. The van der Waals surface area contributed by atoms with E-state index in [1.165, 1.54) is 24.3 Å². The predicted octanol–water partition coefficient (Wildman–Crippen LogP) is 1.10. The van der Waals surface area contributed by atoms with Gasteiger partial charge in [0, 0.05) is 38.5 Å². The first-order chi connectivity index (χ1) is 15.6. The number of alkyl halides is 2. The average molecular weight is 485 g/mol. The van der Waals surface area contributed by atoms with Gasteiger partial charge in [-0.2, -0.15) is 9.57 Å². The second-order valence-electron chi connectivity index (χ2n) is 7.97. The van der Waals surface area contributed by atoms with Gasteiger partial charge in [0.15, 0.2) is 0 Å². The molecule has 0 saturated carbocycles. The minimum atomic E-state index is -4.18. The molecule has 0 spiro atoms. The van der Waals surface area contributed by atoms with Crippen molar-refractivity contribution < 1.29 is 31.5 Å². The Labute approximate surface area is 191 Å². The molecule has 2 atom stereocenters. The van der Waals surface area contributed by atoms with E-state index in [4.69, 9.17) is 10.00 Å². The van der Waals surface area contributed by atoms with Crippen molar-refractivity contribution in [3.63, 3.8) is 0 Å². The highest BCUT2D eigenvalue weighted by atomic mass is 32.2. The van der Waals surface area contributed by atoms with Crippen LogP contribution in [-0.2, 0) is 24.3 Å². The molecule has 1 aromatic carbocycles. The van der Waals surface area contributed by atoms with E-state index in [1.54, 1.807) is 11.8 Å². The first kappa shape index (κ1) is 25.0. The van der Waals surface area contributed by atoms with Crippen molar-refractivity contribution in [2.75, 3.05) is 32.8 Å². The number of nitriles is 1. The second-order valence-corrected chi connectivity index (χ2v) is 9.86. The molecule has 9 nitrogen and oxygen atoms in total. The molecule has 1 aromatic rings. The van der Waals surface area contributed by atoms with Gasteiger partial charge in [0.1, 0.15) is 12.6 Å². The van der Waals surface area contributed by atoms with E-state index in [0.717, 1.165) is 4.31 Å². The zero-order valence-electron chi connectivity index (χ0n) is 18.2. The van der Waals surface area contributed by atoms with Crippen LogP contribution in [-0.4, -0.2) is 80.3 Å². The lowest BCUT2D eigenvalue weighted by Gasteiger charge is -2.38. The van der Waals surface area contributed by atoms with E-state index >= 15 is 0 Å². The lowest BCUT2D eigenvalue weighted by Crippen LogP contribution is -2.57. The van der Waals surface area contributed by atoms with Gasteiger partial charge in [0.05, 0.1) is 23.1 Å². The number of nitrogens with one attached hydrogen (secondary N) is 1. The molecule has 2 aliphatic rings. The summed E-state index contributed by atoms with van der Waals surface area (Å²) in [5.74, 6) is -4.17. The van der Waals surface area contributed by atoms with Gasteiger partial charge in [-0.3, -0.25) is 14.5 Å². The summed E-state index contributed by atoms with van der Waals surface area (Å²) >= 11 is 0. The number of hydrogen-bond acceptors (Lipinski definition) is 7. The Morgan fingerprint density at radius 2 is 1.97 bits per heavy atom.